The second-order valence-electron chi connectivity index (χ2n) is 5.96. The molecule has 0 aliphatic heterocycles. The van der Waals surface area contributed by atoms with E-state index >= 15 is 0 Å². The van der Waals surface area contributed by atoms with Crippen molar-refractivity contribution in [2.45, 2.75) is 31.8 Å². The van der Waals surface area contributed by atoms with Gasteiger partial charge in [-0.1, -0.05) is 24.3 Å². The minimum Gasteiger partial charge on any atom is -0.467 e. The van der Waals surface area contributed by atoms with Gasteiger partial charge in [0.25, 0.3) is 0 Å². The van der Waals surface area contributed by atoms with E-state index in [2.05, 4.69) is 4.98 Å². The van der Waals surface area contributed by atoms with E-state index in [0.717, 1.165) is 29.2 Å². The first-order valence-corrected chi connectivity index (χ1v) is 8.02. The quantitative estimate of drug-likeness (QED) is 0.627. The smallest absolute Gasteiger partial charge is 0.328 e. The number of nitrogens with zero attached hydrogens (tertiary/aromatic N) is 2. The van der Waals surface area contributed by atoms with Crippen molar-refractivity contribution in [3.8, 4) is 0 Å². The summed E-state index contributed by atoms with van der Waals surface area (Å²) in [4.78, 5) is 30.2. The number of aromatic nitrogens is 1. The maximum Gasteiger partial charge on any atom is 0.328 e. The van der Waals surface area contributed by atoms with Crippen LogP contribution in [0.25, 0.3) is 16.8 Å². The summed E-state index contributed by atoms with van der Waals surface area (Å²) in [7, 11) is 1.34. The second kappa shape index (κ2) is 6.83. The minimum absolute atomic E-state index is 0.127. The summed E-state index contributed by atoms with van der Waals surface area (Å²) < 4.78 is 4.77. The Morgan fingerprint density at radius 1 is 1.29 bits per heavy atom. The van der Waals surface area contributed by atoms with Gasteiger partial charge in [-0.25, -0.2) is 4.79 Å². The molecule has 1 heterocycles. The fourth-order valence-electron chi connectivity index (χ4n) is 2.84. The Labute approximate surface area is 140 Å². The van der Waals surface area contributed by atoms with E-state index in [1.54, 1.807) is 30.3 Å². The maximum atomic E-state index is 12.6. The summed E-state index contributed by atoms with van der Waals surface area (Å²) in [5.74, 6) is -0.571. The summed E-state index contributed by atoms with van der Waals surface area (Å²) in [5, 5.41) is 2.06. The molecule has 24 heavy (non-hydrogen) atoms. The molecule has 5 heteroatoms. The summed E-state index contributed by atoms with van der Waals surface area (Å²) in [5.41, 5.74) is 0.878. The van der Waals surface area contributed by atoms with Crippen LogP contribution in [0.2, 0.25) is 0 Å². The zero-order chi connectivity index (χ0) is 17.1. The largest absolute Gasteiger partial charge is 0.467 e. The van der Waals surface area contributed by atoms with E-state index in [1.807, 2.05) is 24.3 Å². The number of fused-ring (bicyclic) bond motifs is 1. The summed E-state index contributed by atoms with van der Waals surface area (Å²) >= 11 is 0. The van der Waals surface area contributed by atoms with Crippen LogP contribution in [0, 0.1) is 0 Å². The zero-order valence-corrected chi connectivity index (χ0v) is 13.8. The highest BCUT2D eigenvalue weighted by Crippen LogP contribution is 2.29. The van der Waals surface area contributed by atoms with Gasteiger partial charge < -0.3 is 9.64 Å². The van der Waals surface area contributed by atoms with Crippen LogP contribution in [0.5, 0.6) is 0 Å². The van der Waals surface area contributed by atoms with Gasteiger partial charge in [0.2, 0.25) is 5.91 Å². The first-order chi connectivity index (χ1) is 11.6. The number of amides is 1. The van der Waals surface area contributed by atoms with E-state index in [-0.39, 0.29) is 11.9 Å². The molecular formula is C19H20N2O3. The first-order valence-electron chi connectivity index (χ1n) is 8.02. The number of rotatable bonds is 5. The molecule has 0 N–H and O–H groups in total. The summed E-state index contributed by atoms with van der Waals surface area (Å²) in [6, 6.07) is 7.44. The van der Waals surface area contributed by atoms with Gasteiger partial charge in [-0.3, -0.25) is 9.78 Å². The molecule has 1 aliphatic carbocycles. The Kier molecular flexibility index (Phi) is 4.60. The van der Waals surface area contributed by atoms with Crippen LogP contribution >= 0.6 is 0 Å². The molecule has 1 aliphatic rings. The van der Waals surface area contributed by atoms with Gasteiger partial charge in [0.05, 0.1) is 7.11 Å². The number of methoxy groups -OCH3 is 1. The van der Waals surface area contributed by atoms with Crippen LogP contribution in [0.4, 0.5) is 0 Å². The summed E-state index contributed by atoms with van der Waals surface area (Å²) in [6.07, 6.45) is 8.66. The van der Waals surface area contributed by atoms with Crippen molar-refractivity contribution < 1.29 is 14.3 Å². The number of carbonyl (C=O) groups excluding carboxylic acids is 2. The highest BCUT2D eigenvalue weighted by atomic mass is 16.5. The van der Waals surface area contributed by atoms with Crippen molar-refractivity contribution >= 4 is 28.7 Å². The molecule has 1 fully saturated rings. The lowest BCUT2D eigenvalue weighted by Crippen LogP contribution is -2.44. The van der Waals surface area contributed by atoms with Crippen molar-refractivity contribution in [3.05, 3.63) is 48.3 Å². The molecule has 1 unspecified atom stereocenters. The number of benzene rings is 1. The molecule has 1 aromatic heterocycles. The van der Waals surface area contributed by atoms with Gasteiger partial charge in [-0.05, 0) is 31.2 Å². The van der Waals surface area contributed by atoms with Crippen molar-refractivity contribution in [2.75, 3.05) is 7.11 Å². The summed E-state index contributed by atoms with van der Waals surface area (Å²) in [6.45, 7) is 1.70. The fourth-order valence-corrected chi connectivity index (χ4v) is 2.84. The van der Waals surface area contributed by atoms with E-state index in [9.17, 15) is 9.59 Å². The third-order valence-corrected chi connectivity index (χ3v) is 4.26. The lowest BCUT2D eigenvalue weighted by atomic mass is 10.1. The van der Waals surface area contributed by atoms with Crippen LogP contribution in [-0.4, -0.2) is 41.0 Å². The highest BCUT2D eigenvalue weighted by Gasteiger charge is 2.37. The normalized spacial score (nSPS) is 15.4. The number of esters is 1. The Balaban J connectivity index is 1.84. The molecule has 0 bridgehead atoms. The predicted molar refractivity (Wildman–Crippen MR) is 92.1 cm³/mol. The maximum absolute atomic E-state index is 12.6. The molecule has 0 radical (unpaired) electrons. The van der Waals surface area contributed by atoms with Crippen molar-refractivity contribution in [1.29, 1.82) is 0 Å². The average Bonchev–Trinajstić information content (AvgIpc) is 3.44. The Bertz CT molecular complexity index is 791. The van der Waals surface area contributed by atoms with Gasteiger partial charge >= 0.3 is 5.97 Å². The third kappa shape index (κ3) is 3.30. The minimum atomic E-state index is -0.578. The van der Waals surface area contributed by atoms with E-state index < -0.39 is 12.0 Å². The van der Waals surface area contributed by atoms with Gasteiger partial charge in [-0.15, -0.1) is 0 Å². The van der Waals surface area contributed by atoms with Crippen LogP contribution in [0.3, 0.4) is 0 Å². The molecule has 124 valence electrons. The van der Waals surface area contributed by atoms with Gasteiger partial charge in [0, 0.05) is 35.5 Å². The Hall–Kier alpha value is -2.69. The SMILES string of the molecule is COC(=O)C(C)N(C(=O)C=Cc1cncc2ccccc12)C1CC1. The number of carbonyl (C=O) groups is 2. The number of hydrogen-bond acceptors (Lipinski definition) is 4. The fraction of sp³-hybridized carbons (Fsp3) is 0.316. The topological polar surface area (TPSA) is 59.5 Å². The molecule has 1 saturated carbocycles. The second-order valence-corrected chi connectivity index (χ2v) is 5.96. The average molecular weight is 324 g/mol. The van der Waals surface area contributed by atoms with Crippen molar-refractivity contribution in [1.82, 2.24) is 9.88 Å². The molecule has 1 atom stereocenters. The van der Waals surface area contributed by atoms with Crippen LogP contribution in [0.15, 0.2) is 42.7 Å². The molecule has 2 aromatic rings. The van der Waals surface area contributed by atoms with E-state index in [0.29, 0.717) is 0 Å². The molecular weight excluding hydrogens is 304 g/mol. The predicted octanol–water partition coefficient (Wildman–Crippen LogP) is 2.80. The van der Waals surface area contributed by atoms with Crippen molar-refractivity contribution in [3.63, 3.8) is 0 Å². The van der Waals surface area contributed by atoms with Gasteiger partial charge in [0.15, 0.2) is 0 Å². The van der Waals surface area contributed by atoms with Crippen LogP contribution in [0.1, 0.15) is 25.3 Å². The number of hydrogen-bond donors (Lipinski definition) is 0. The lowest BCUT2D eigenvalue weighted by Gasteiger charge is -2.26. The van der Waals surface area contributed by atoms with E-state index in [4.69, 9.17) is 4.74 Å². The molecule has 1 aromatic carbocycles. The standard InChI is InChI=1S/C19H20N2O3/c1-13(19(23)24-2)21(16-8-9-16)18(22)10-7-15-12-20-11-14-5-3-4-6-17(14)15/h3-7,10-13,16H,8-9H2,1-2H3. The molecule has 0 spiro atoms. The van der Waals surface area contributed by atoms with E-state index in [1.165, 1.54) is 13.2 Å². The lowest BCUT2D eigenvalue weighted by molar-refractivity contribution is -0.151. The number of ether oxygens (including phenoxy) is 1. The highest BCUT2D eigenvalue weighted by molar-refractivity contribution is 5.98. The van der Waals surface area contributed by atoms with Gasteiger partial charge in [-0.2, -0.15) is 0 Å². The van der Waals surface area contributed by atoms with Crippen molar-refractivity contribution in [2.24, 2.45) is 0 Å². The number of pyridine rings is 1. The first kappa shape index (κ1) is 16.2. The van der Waals surface area contributed by atoms with Crippen LogP contribution < -0.4 is 0 Å². The third-order valence-electron chi connectivity index (χ3n) is 4.26. The Morgan fingerprint density at radius 2 is 2.04 bits per heavy atom. The Morgan fingerprint density at radius 3 is 2.75 bits per heavy atom. The van der Waals surface area contributed by atoms with Crippen LogP contribution in [-0.2, 0) is 14.3 Å². The molecule has 0 saturated heterocycles. The monoisotopic (exact) mass is 324 g/mol. The molecule has 5 nitrogen and oxygen atoms in total. The molecule has 1 amide bonds. The molecule has 3 rings (SSSR count). The zero-order valence-electron chi connectivity index (χ0n) is 13.8. The van der Waals surface area contributed by atoms with Gasteiger partial charge in [0.1, 0.15) is 6.04 Å².